The molecule has 0 heterocycles. The maximum absolute atomic E-state index is 11.7. The zero-order valence-corrected chi connectivity index (χ0v) is 11.2. The molecule has 2 rings (SSSR count). The maximum Gasteiger partial charge on any atom is 0.234 e. The number of amides is 1. The number of aliphatic hydroxyl groups excluding tert-OH is 1. The highest BCUT2D eigenvalue weighted by molar-refractivity contribution is 5.78. The fourth-order valence-corrected chi connectivity index (χ4v) is 2.43. The average molecular weight is 262 g/mol. The summed E-state index contributed by atoms with van der Waals surface area (Å²) in [6.07, 6.45) is 4.70. The zero-order chi connectivity index (χ0) is 13.5. The van der Waals surface area contributed by atoms with Crippen LogP contribution in [0.5, 0.6) is 0 Å². The molecule has 0 radical (unpaired) electrons. The van der Waals surface area contributed by atoms with E-state index >= 15 is 0 Å². The summed E-state index contributed by atoms with van der Waals surface area (Å²) < 4.78 is 0. The van der Waals surface area contributed by atoms with Crippen LogP contribution in [0.1, 0.15) is 36.8 Å². The monoisotopic (exact) mass is 262 g/mol. The maximum atomic E-state index is 11.7. The lowest BCUT2D eigenvalue weighted by Gasteiger charge is -2.12. The Morgan fingerprint density at radius 3 is 2.42 bits per heavy atom. The quantitative estimate of drug-likeness (QED) is 0.725. The molecule has 0 bridgehead atoms. The Labute approximate surface area is 114 Å². The van der Waals surface area contributed by atoms with Crippen LogP contribution in [0, 0.1) is 0 Å². The molecule has 1 aromatic rings. The van der Waals surface area contributed by atoms with Gasteiger partial charge in [-0.25, -0.2) is 0 Å². The Balaban J connectivity index is 1.65. The van der Waals surface area contributed by atoms with Crippen LogP contribution in [-0.2, 0) is 17.9 Å². The predicted molar refractivity (Wildman–Crippen MR) is 74.5 cm³/mol. The molecular formula is C15H22N2O2. The van der Waals surface area contributed by atoms with Crippen molar-refractivity contribution in [3.63, 3.8) is 0 Å². The van der Waals surface area contributed by atoms with Gasteiger partial charge in [-0.15, -0.1) is 0 Å². The van der Waals surface area contributed by atoms with Gasteiger partial charge in [-0.05, 0) is 24.0 Å². The highest BCUT2D eigenvalue weighted by Gasteiger charge is 2.16. The van der Waals surface area contributed by atoms with E-state index in [1.807, 2.05) is 24.3 Å². The van der Waals surface area contributed by atoms with Crippen molar-refractivity contribution >= 4 is 5.91 Å². The molecule has 104 valence electrons. The van der Waals surface area contributed by atoms with Gasteiger partial charge in [-0.1, -0.05) is 37.1 Å². The number of aliphatic hydroxyl groups is 1. The molecule has 1 aromatic carbocycles. The van der Waals surface area contributed by atoms with Crippen LogP contribution in [-0.4, -0.2) is 23.6 Å². The van der Waals surface area contributed by atoms with E-state index in [0.29, 0.717) is 19.1 Å². The van der Waals surface area contributed by atoms with Gasteiger partial charge in [0.15, 0.2) is 0 Å². The van der Waals surface area contributed by atoms with E-state index < -0.39 is 0 Å². The molecule has 1 saturated carbocycles. The van der Waals surface area contributed by atoms with E-state index in [-0.39, 0.29) is 12.5 Å². The van der Waals surface area contributed by atoms with E-state index in [9.17, 15) is 4.79 Å². The molecule has 1 aliphatic rings. The van der Waals surface area contributed by atoms with Crippen LogP contribution in [0.15, 0.2) is 24.3 Å². The Hall–Kier alpha value is -1.39. The lowest BCUT2D eigenvalue weighted by Crippen LogP contribution is -2.38. The summed E-state index contributed by atoms with van der Waals surface area (Å²) in [4.78, 5) is 11.7. The number of carbonyl (C=O) groups is 1. The average Bonchev–Trinajstić information content (AvgIpc) is 2.92. The molecule has 1 amide bonds. The number of nitrogens with one attached hydrogen (secondary N) is 2. The minimum Gasteiger partial charge on any atom is -0.392 e. The molecule has 0 aromatic heterocycles. The summed E-state index contributed by atoms with van der Waals surface area (Å²) in [6, 6.07) is 8.12. The number of hydrogen-bond donors (Lipinski definition) is 3. The second-order valence-corrected chi connectivity index (χ2v) is 5.13. The van der Waals surface area contributed by atoms with Gasteiger partial charge in [0.1, 0.15) is 0 Å². The zero-order valence-electron chi connectivity index (χ0n) is 11.2. The van der Waals surface area contributed by atoms with E-state index in [1.54, 1.807) is 0 Å². The lowest BCUT2D eigenvalue weighted by atomic mass is 10.1. The first-order valence-electron chi connectivity index (χ1n) is 6.96. The van der Waals surface area contributed by atoms with Crippen LogP contribution in [0.4, 0.5) is 0 Å². The molecule has 1 aliphatic carbocycles. The van der Waals surface area contributed by atoms with Gasteiger partial charge < -0.3 is 15.7 Å². The summed E-state index contributed by atoms with van der Waals surface area (Å²) in [6.45, 7) is 1.10. The summed E-state index contributed by atoms with van der Waals surface area (Å²) in [5.74, 6) is 0.0823. The summed E-state index contributed by atoms with van der Waals surface area (Å²) in [5.41, 5.74) is 2.02. The fourth-order valence-electron chi connectivity index (χ4n) is 2.43. The second-order valence-electron chi connectivity index (χ2n) is 5.13. The van der Waals surface area contributed by atoms with Crippen LogP contribution >= 0.6 is 0 Å². The van der Waals surface area contributed by atoms with E-state index in [4.69, 9.17) is 5.11 Å². The lowest BCUT2D eigenvalue weighted by molar-refractivity contribution is -0.120. The summed E-state index contributed by atoms with van der Waals surface area (Å²) in [7, 11) is 0. The third-order valence-corrected chi connectivity index (χ3v) is 3.54. The normalized spacial score (nSPS) is 15.6. The van der Waals surface area contributed by atoms with Crippen molar-refractivity contribution < 1.29 is 9.90 Å². The van der Waals surface area contributed by atoms with Crippen LogP contribution in [0.3, 0.4) is 0 Å². The van der Waals surface area contributed by atoms with Gasteiger partial charge in [0.05, 0.1) is 13.2 Å². The van der Waals surface area contributed by atoms with Gasteiger partial charge in [0.25, 0.3) is 0 Å². The van der Waals surface area contributed by atoms with Crippen molar-refractivity contribution in [1.82, 2.24) is 10.6 Å². The summed E-state index contributed by atoms with van der Waals surface area (Å²) in [5, 5.41) is 15.1. The van der Waals surface area contributed by atoms with Crippen molar-refractivity contribution in [2.24, 2.45) is 0 Å². The first kappa shape index (κ1) is 14.0. The van der Waals surface area contributed by atoms with E-state index in [1.165, 1.54) is 12.8 Å². The minimum absolute atomic E-state index is 0.0670. The molecule has 0 saturated heterocycles. The highest BCUT2D eigenvalue weighted by Crippen LogP contribution is 2.17. The number of hydrogen-bond acceptors (Lipinski definition) is 3. The molecule has 4 nitrogen and oxygen atoms in total. The molecule has 19 heavy (non-hydrogen) atoms. The first-order valence-corrected chi connectivity index (χ1v) is 6.96. The second kappa shape index (κ2) is 7.26. The van der Waals surface area contributed by atoms with Crippen molar-refractivity contribution in [1.29, 1.82) is 0 Å². The molecule has 4 heteroatoms. The fraction of sp³-hybridized carbons (Fsp3) is 0.533. The first-order chi connectivity index (χ1) is 9.28. The topological polar surface area (TPSA) is 61.4 Å². The Morgan fingerprint density at radius 1 is 1.16 bits per heavy atom. The molecule has 0 spiro atoms. The number of benzene rings is 1. The van der Waals surface area contributed by atoms with Crippen LogP contribution in [0.2, 0.25) is 0 Å². The smallest absolute Gasteiger partial charge is 0.234 e. The minimum atomic E-state index is 0.0670. The molecule has 0 atom stereocenters. The number of carbonyl (C=O) groups excluding carboxylic acids is 1. The molecule has 0 unspecified atom stereocenters. The van der Waals surface area contributed by atoms with Gasteiger partial charge in [0.2, 0.25) is 5.91 Å². The van der Waals surface area contributed by atoms with Crippen molar-refractivity contribution in [3.05, 3.63) is 35.4 Å². The Morgan fingerprint density at radius 2 is 1.79 bits per heavy atom. The molecule has 0 aliphatic heterocycles. The van der Waals surface area contributed by atoms with Gasteiger partial charge in [-0.2, -0.15) is 0 Å². The van der Waals surface area contributed by atoms with Crippen LogP contribution in [0.25, 0.3) is 0 Å². The predicted octanol–water partition coefficient (Wildman–Crippen LogP) is 1.33. The van der Waals surface area contributed by atoms with Gasteiger partial charge in [0, 0.05) is 12.6 Å². The highest BCUT2D eigenvalue weighted by atomic mass is 16.3. The molecule has 1 fully saturated rings. The standard InChI is InChI=1S/C15H22N2O2/c18-11-13-7-5-12(6-8-13)9-16-10-15(19)17-14-3-1-2-4-14/h5-8,14,16,18H,1-4,9-11H2,(H,17,19). The third kappa shape index (κ3) is 4.65. The number of rotatable bonds is 6. The Kier molecular flexibility index (Phi) is 5.36. The SMILES string of the molecule is O=C(CNCc1ccc(CO)cc1)NC1CCCC1. The van der Waals surface area contributed by atoms with E-state index in [2.05, 4.69) is 10.6 Å². The van der Waals surface area contributed by atoms with Gasteiger partial charge in [-0.3, -0.25) is 4.79 Å². The molecular weight excluding hydrogens is 240 g/mol. The van der Waals surface area contributed by atoms with Crippen molar-refractivity contribution in [3.8, 4) is 0 Å². The summed E-state index contributed by atoms with van der Waals surface area (Å²) >= 11 is 0. The Bertz CT molecular complexity index is 397. The third-order valence-electron chi connectivity index (χ3n) is 3.54. The molecule has 3 N–H and O–H groups in total. The van der Waals surface area contributed by atoms with Gasteiger partial charge >= 0.3 is 0 Å². The largest absolute Gasteiger partial charge is 0.392 e. The van der Waals surface area contributed by atoms with E-state index in [0.717, 1.165) is 24.0 Å². The van der Waals surface area contributed by atoms with Crippen molar-refractivity contribution in [2.75, 3.05) is 6.54 Å². The van der Waals surface area contributed by atoms with Crippen LogP contribution < -0.4 is 10.6 Å². The van der Waals surface area contributed by atoms with Crippen molar-refractivity contribution in [2.45, 2.75) is 44.9 Å².